The molecule has 0 saturated carbocycles. The van der Waals surface area contributed by atoms with Crippen LogP contribution in [0, 0.1) is 13.8 Å². The molecule has 0 aliphatic carbocycles. The normalized spacial score (nSPS) is 13.8. The van der Waals surface area contributed by atoms with E-state index in [1.807, 2.05) is 58.2 Å². The number of amides is 1. The molecule has 2 heterocycles. The van der Waals surface area contributed by atoms with Crippen molar-refractivity contribution in [3.63, 3.8) is 0 Å². The molecule has 0 radical (unpaired) electrons. The summed E-state index contributed by atoms with van der Waals surface area (Å²) in [7, 11) is 0. The van der Waals surface area contributed by atoms with E-state index >= 15 is 0 Å². The van der Waals surface area contributed by atoms with Crippen molar-refractivity contribution < 1.29 is 9.90 Å². The van der Waals surface area contributed by atoms with E-state index in [0.717, 1.165) is 16.8 Å². The summed E-state index contributed by atoms with van der Waals surface area (Å²) in [4.78, 5) is 17.7. The van der Waals surface area contributed by atoms with E-state index in [1.165, 1.54) is 11.1 Å². The average molecular weight is 467 g/mol. The number of aromatic nitrogens is 2. The Balaban J connectivity index is 1.39. The number of phenolic OH excluding ortho intramolecular Hbond substituents is 1. The van der Waals surface area contributed by atoms with E-state index in [2.05, 4.69) is 43.0 Å². The van der Waals surface area contributed by atoms with Crippen molar-refractivity contribution in [3.05, 3.63) is 101 Å². The quantitative estimate of drug-likeness (QED) is 0.455. The Morgan fingerprint density at radius 3 is 2.14 bits per heavy atom. The second-order valence-corrected chi connectivity index (χ2v) is 9.21. The van der Waals surface area contributed by atoms with Crippen LogP contribution in [0.5, 0.6) is 5.75 Å². The van der Waals surface area contributed by atoms with Crippen LogP contribution in [0.25, 0.3) is 11.3 Å². The van der Waals surface area contributed by atoms with E-state index in [9.17, 15) is 9.90 Å². The van der Waals surface area contributed by atoms with Gasteiger partial charge in [-0.3, -0.25) is 9.48 Å². The van der Waals surface area contributed by atoms with Gasteiger partial charge in [0.15, 0.2) is 0 Å². The fourth-order valence-corrected chi connectivity index (χ4v) is 4.52. The highest BCUT2D eigenvalue weighted by Gasteiger charge is 2.27. The number of nitrogens with zero attached hydrogens (tertiary/aromatic N) is 4. The van der Waals surface area contributed by atoms with Gasteiger partial charge in [0, 0.05) is 37.9 Å². The number of benzene rings is 3. The van der Waals surface area contributed by atoms with Crippen molar-refractivity contribution in [2.75, 3.05) is 31.1 Å². The lowest BCUT2D eigenvalue weighted by molar-refractivity contribution is 0.0747. The molecule has 1 aromatic heterocycles. The van der Waals surface area contributed by atoms with E-state index in [0.29, 0.717) is 44.0 Å². The molecule has 6 nitrogen and oxygen atoms in total. The molecule has 1 fully saturated rings. The van der Waals surface area contributed by atoms with Gasteiger partial charge in [0.25, 0.3) is 5.91 Å². The van der Waals surface area contributed by atoms with E-state index in [4.69, 9.17) is 5.10 Å². The number of piperazine rings is 1. The van der Waals surface area contributed by atoms with Gasteiger partial charge in [-0.2, -0.15) is 5.10 Å². The highest BCUT2D eigenvalue weighted by atomic mass is 16.3. The first-order chi connectivity index (χ1) is 17.0. The summed E-state index contributed by atoms with van der Waals surface area (Å²) in [5, 5.41) is 15.0. The standard InChI is InChI=1S/C29H30N4O2/c1-21-7-11-23(12-8-21)19-33-20-25(28(30-33)24-13-9-22(2)10-14-24)29(35)32-17-15-31(16-18-32)26-5-3-4-6-27(26)34/h3-14,20,34H,15-19H2,1-2H3. The fraction of sp³-hybridized carbons (Fsp3) is 0.241. The van der Waals surface area contributed by atoms with Gasteiger partial charge >= 0.3 is 0 Å². The van der Waals surface area contributed by atoms with Crippen LogP contribution in [-0.2, 0) is 6.54 Å². The zero-order valence-electron chi connectivity index (χ0n) is 20.2. The lowest BCUT2D eigenvalue weighted by atomic mass is 10.1. The molecular weight excluding hydrogens is 436 g/mol. The van der Waals surface area contributed by atoms with Gasteiger partial charge < -0.3 is 14.9 Å². The molecule has 4 aromatic rings. The molecule has 5 rings (SSSR count). The minimum absolute atomic E-state index is 0.00679. The van der Waals surface area contributed by atoms with Gasteiger partial charge in [0.1, 0.15) is 11.4 Å². The van der Waals surface area contributed by atoms with Crippen molar-refractivity contribution in [1.29, 1.82) is 0 Å². The number of hydrogen-bond acceptors (Lipinski definition) is 4. The van der Waals surface area contributed by atoms with Crippen LogP contribution in [0.15, 0.2) is 79.0 Å². The monoisotopic (exact) mass is 466 g/mol. The smallest absolute Gasteiger partial charge is 0.257 e. The summed E-state index contributed by atoms with van der Waals surface area (Å²) in [6.45, 7) is 7.24. The molecule has 3 aromatic carbocycles. The van der Waals surface area contributed by atoms with Crippen LogP contribution >= 0.6 is 0 Å². The zero-order chi connectivity index (χ0) is 24.4. The number of hydrogen-bond donors (Lipinski definition) is 1. The third-order valence-corrected chi connectivity index (χ3v) is 6.57. The van der Waals surface area contributed by atoms with Crippen molar-refractivity contribution >= 4 is 11.6 Å². The average Bonchev–Trinajstić information content (AvgIpc) is 3.29. The van der Waals surface area contributed by atoms with Crippen LogP contribution in [0.1, 0.15) is 27.0 Å². The summed E-state index contributed by atoms with van der Waals surface area (Å²) in [6, 6.07) is 23.9. The topological polar surface area (TPSA) is 61.6 Å². The highest BCUT2D eigenvalue weighted by Crippen LogP contribution is 2.29. The van der Waals surface area contributed by atoms with Crippen molar-refractivity contribution in [3.8, 4) is 17.0 Å². The fourth-order valence-electron chi connectivity index (χ4n) is 4.52. The molecule has 0 atom stereocenters. The molecule has 1 saturated heterocycles. The Kier molecular flexibility index (Phi) is 6.27. The molecule has 0 spiro atoms. The third-order valence-electron chi connectivity index (χ3n) is 6.57. The first-order valence-electron chi connectivity index (χ1n) is 12.0. The van der Waals surface area contributed by atoms with Crippen molar-refractivity contribution in [1.82, 2.24) is 14.7 Å². The van der Waals surface area contributed by atoms with E-state index < -0.39 is 0 Å². The lowest BCUT2D eigenvalue weighted by Gasteiger charge is -2.36. The third kappa shape index (κ3) is 4.92. The molecule has 178 valence electrons. The Labute approximate surface area is 206 Å². The van der Waals surface area contributed by atoms with Crippen LogP contribution < -0.4 is 4.90 Å². The largest absolute Gasteiger partial charge is 0.506 e. The number of aromatic hydroxyl groups is 1. The SMILES string of the molecule is Cc1ccc(Cn2cc(C(=O)N3CCN(c4ccccc4O)CC3)c(-c3ccc(C)cc3)n2)cc1. The van der Waals surface area contributed by atoms with Gasteiger partial charge in [-0.25, -0.2) is 0 Å². The Morgan fingerprint density at radius 1 is 0.857 bits per heavy atom. The number of phenols is 1. The number of rotatable bonds is 5. The van der Waals surface area contributed by atoms with Crippen LogP contribution in [-0.4, -0.2) is 51.9 Å². The lowest BCUT2D eigenvalue weighted by Crippen LogP contribution is -2.48. The molecule has 6 heteroatoms. The minimum atomic E-state index is -0.00679. The Bertz CT molecular complexity index is 1320. The Hall–Kier alpha value is -4.06. The summed E-state index contributed by atoms with van der Waals surface area (Å²) in [5.41, 5.74) is 6.61. The molecule has 1 amide bonds. The first kappa shape index (κ1) is 22.7. The predicted molar refractivity (Wildman–Crippen MR) is 139 cm³/mol. The maximum Gasteiger partial charge on any atom is 0.257 e. The summed E-state index contributed by atoms with van der Waals surface area (Å²) < 4.78 is 1.87. The first-order valence-corrected chi connectivity index (χ1v) is 12.0. The van der Waals surface area contributed by atoms with Crippen molar-refractivity contribution in [2.45, 2.75) is 20.4 Å². The molecular formula is C29H30N4O2. The second kappa shape index (κ2) is 9.66. The van der Waals surface area contributed by atoms with Gasteiger partial charge in [-0.15, -0.1) is 0 Å². The Morgan fingerprint density at radius 2 is 1.49 bits per heavy atom. The van der Waals surface area contributed by atoms with Crippen molar-refractivity contribution in [2.24, 2.45) is 0 Å². The van der Waals surface area contributed by atoms with Gasteiger partial charge in [0.2, 0.25) is 0 Å². The molecule has 1 aliphatic rings. The minimum Gasteiger partial charge on any atom is -0.506 e. The maximum atomic E-state index is 13.7. The molecule has 35 heavy (non-hydrogen) atoms. The number of aryl methyl sites for hydroxylation is 2. The number of carbonyl (C=O) groups excluding carboxylic acids is 1. The molecule has 0 unspecified atom stereocenters. The zero-order valence-corrected chi connectivity index (χ0v) is 20.2. The van der Waals surface area contributed by atoms with E-state index in [-0.39, 0.29) is 11.7 Å². The molecule has 1 aliphatic heterocycles. The van der Waals surface area contributed by atoms with Gasteiger partial charge in [0.05, 0.1) is 17.8 Å². The maximum absolute atomic E-state index is 13.7. The predicted octanol–water partition coefficient (Wildman–Crippen LogP) is 4.88. The van der Waals surface area contributed by atoms with Crippen LogP contribution in [0.2, 0.25) is 0 Å². The molecule has 1 N–H and O–H groups in total. The van der Waals surface area contributed by atoms with E-state index in [1.54, 1.807) is 6.07 Å². The molecule has 0 bridgehead atoms. The summed E-state index contributed by atoms with van der Waals surface area (Å²) in [5.74, 6) is 0.263. The van der Waals surface area contributed by atoms with Crippen LogP contribution in [0.3, 0.4) is 0 Å². The number of para-hydroxylation sites is 2. The number of carbonyl (C=O) groups is 1. The summed E-state index contributed by atoms with van der Waals surface area (Å²) in [6.07, 6.45) is 1.88. The number of anilines is 1. The van der Waals surface area contributed by atoms with Gasteiger partial charge in [-0.1, -0.05) is 71.8 Å². The van der Waals surface area contributed by atoms with Gasteiger partial charge in [-0.05, 0) is 31.5 Å². The summed E-state index contributed by atoms with van der Waals surface area (Å²) >= 11 is 0. The van der Waals surface area contributed by atoms with Crippen LogP contribution in [0.4, 0.5) is 5.69 Å². The second-order valence-electron chi connectivity index (χ2n) is 9.21. The highest BCUT2D eigenvalue weighted by molar-refractivity contribution is 6.00.